The maximum Gasteiger partial charge on any atom is 0.279 e. The van der Waals surface area contributed by atoms with Crippen molar-refractivity contribution in [2.24, 2.45) is 0 Å². The molecule has 0 aliphatic rings. The van der Waals surface area contributed by atoms with E-state index in [1.165, 1.54) is 22.4 Å². The minimum absolute atomic E-state index is 0.320. The molecule has 2 heterocycles. The second-order valence-corrected chi connectivity index (χ2v) is 7.51. The van der Waals surface area contributed by atoms with Gasteiger partial charge in [-0.15, -0.1) is 11.3 Å². The van der Waals surface area contributed by atoms with Crippen LogP contribution >= 0.6 is 11.3 Å². The van der Waals surface area contributed by atoms with Crippen molar-refractivity contribution in [3.05, 3.63) is 68.7 Å². The van der Waals surface area contributed by atoms with E-state index in [0.717, 1.165) is 23.2 Å². The fraction of sp³-hybridized carbons (Fsp3) is 0.250. The maximum absolute atomic E-state index is 12.5. The molecule has 1 aromatic carbocycles. The number of carbonyl (C=O) groups excluding carboxylic acids is 2. The van der Waals surface area contributed by atoms with Crippen LogP contribution in [0.5, 0.6) is 0 Å². The third-order valence-electron chi connectivity index (χ3n) is 4.36. The van der Waals surface area contributed by atoms with Gasteiger partial charge in [-0.05, 0) is 56.5 Å². The Morgan fingerprint density at radius 3 is 2.52 bits per heavy atom. The van der Waals surface area contributed by atoms with Crippen molar-refractivity contribution >= 4 is 23.2 Å². The molecule has 0 spiro atoms. The Hall–Kier alpha value is -2.93. The number of amides is 2. The molecule has 2 aromatic heterocycles. The minimum atomic E-state index is -0.399. The third kappa shape index (κ3) is 3.93. The Morgan fingerprint density at radius 1 is 1.11 bits per heavy atom. The monoisotopic (exact) mass is 382 g/mol. The van der Waals surface area contributed by atoms with Crippen molar-refractivity contribution in [3.8, 4) is 5.69 Å². The van der Waals surface area contributed by atoms with Gasteiger partial charge in [0, 0.05) is 4.88 Å². The molecular formula is C20H22N4O2S. The van der Waals surface area contributed by atoms with Gasteiger partial charge in [-0.3, -0.25) is 20.4 Å². The van der Waals surface area contributed by atoms with E-state index in [4.69, 9.17) is 0 Å². The highest BCUT2D eigenvalue weighted by Gasteiger charge is 2.17. The van der Waals surface area contributed by atoms with Crippen molar-refractivity contribution in [1.29, 1.82) is 0 Å². The first-order valence-corrected chi connectivity index (χ1v) is 9.54. The van der Waals surface area contributed by atoms with Crippen molar-refractivity contribution in [1.82, 2.24) is 20.6 Å². The zero-order valence-corrected chi connectivity index (χ0v) is 16.6. The van der Waals surface area contributed by atoms with E-state index in [-0.39, 0.29) is 5.91 Å². The van der Waals surface area contributed by atoms with E-state index >= 15 is 0 Å². The summed E-state index contributed by atoms with van der Waals surface area (Å²) in [6.07, 6.45) is 2.39. The lowest BCUT2D eigenvalue weighted by Gasteiger charge is -2.08. The highest BCUT2D eigenvalue weighted by atomic mass is 32.1. The zero-order valence-electron chi connectivity index (χ0n) is 15.8. The number of carbonyl (C=O) groups is 2. The van der Waals surface area contributed by atoms with Crippen molar-refractivity contribution in [3.63, 3.8) is 0 Å². The maximum atomic E-state index is 12.5. The number of benzene rings is 1. The number of aromatic nitrogens is 2. The van der Waals surface area contributed by atoms with Crippen LogP contribution in [0, 0.1) is 20.8 Å². The van der Waals surface area contributed by atoms with Gasteiger partial charge in [0.05, 0.1) is 28.0 Å². The van der Waals surface area contributed by atoms with Crippen LogP contribution in [0.4, 0.5) is 0 Å². The summed E-state index contributed by atoms with van der Waals surface area (Å²) in [5.41, 5.74) is 9.16. The van der Waals surface area contributed by atoms with E-state index in [2.05, 4.69) is 22.9 Å². The van der Waals surface area contributed by atoms with Gasteiger partial charge in [0.2, 0.25) is 0 Å². The average molecular weight is 382 g/mol. The van der Waals surface area contributed by atoms with Crippen LogP contribution in [0.15, 0.2) is 36.5 Å². The molecule has 2 amide bonds. The molecule has 0 unspecified atom stereocenters. The highest BCUT2D eigenvalue weighted by molar-refractivity contribution is 7.14. The Balaban J connectivity index is 1.70. The van der Waals surface area contributed by atoms with Crippen molar-refractivity contribution < 1.29 is 9.59 Å². The first-order valence-electron chi connectivity index (χ1n) is 8.72. The van der Waals surface area contributed by atoms with Crippen LogP contribution in [0.2, 0.25) is 0 Å². The molecule has 3 rings (SSSR count). The first-order chi connectivity index (χ1) is 12.9. The lowest BCUT2D eigenvalue weighted by atomic mass is 10.2. The quantitative estimate of drug-likeness (QED) is 0.678. The van der Waals surface area contributed by atoms with Crippen LogP contribution in [0.1, 0.15) is 48.7 Å². The molecule has 0 radical (unpaired) electrons. The molecule has 140 valence electrons. The van der Waals surface area contributed by atoms with E-state index in [1.807, 2.05) is 51.1 Å². The van der Waals surface area contributed by atoms with Crippen LogP contribution in [-0.4, -0.2) is 21.6 Å². The van der Waals surface area contributed by atoms with Gasteiger partial charge in [-0.2, -0.15) is 5.10 Å². The predicted molar refractivity (Wildman–Crippen MR) is 106 cm³/mol. The van der Waals surface area contributed by atoms with E-state index in [1.54, 1.807) is 4.68 Å². The number of nitrogens with one attached hydrogen (secondary N) is 2. The summed E-state index contributed by atoms with van der Waals surface area (Å²) in [5.74, 6) is -0.719. The van der Waals surface area contributed by atoms with Gasteiger partial charge in [-0.25, -0.2) is 4.68 Å². The number of hydrogen-bond acceptors (Lipinski definition) is 4. The largest absolute Gasteiger partial charge is 0.279 e. The number of rotatable bonds is 4. The molecule has 0 saturated heterocycles. The summed E-state index contributed by atoms with van der Waals surface area (Å²) < 4.78 is 1.71. The topological polar surface area (TPSA) is 76.0 Å². The molecular weight excluding hydrogens is 360 g/mol. The fourth-order valence-electron chi connectivity index (χ4n) is 2.88. The summed E-state index contributed by atoms with van der Waals surface area (Å²) >= 11 is 1.44. The lowest BCUT2D eigenvalue weighted by Crippen LogP contribution is -2.41. The van der Waals surface area contributed by atoms with Gasteiger partial charge in [0.25, 0.3) is 11.8 Å². The van der Waals surface area contributed by atoms with Crippen LogP contribution < -0.4 is 10.9 Å². The van der Waals surface area contributed by atoms with Gasteiger partial charge >= 0.3 is 0 Å². The smallest absolute Gasteiger partial charge is 0.267 e. The van der Waals surface area contributed by atoms with Gasteiger partial charge in [0.1, 0.15) is 0 Å². The Kier molecular flexibility index (Phi) is 5.41. The third-order valence-corrected chi connectivity index (χ3v) is 5.74. The van der Waals surface area contributed by atoms with Crippen molar-refractivity contribution in [2.45, 2.75) is 34.1 Å². The minimum Gasteiger partial charge on any atom is -0.267 e. The van der Waals surface area contributed by atoms with Crippen LogP contribution in [0.3, 0.4) is 0 Å². The zero-order chi connectivity index (χ0) is 19.6. The van der Waals surface area contributed by atoms with Gasteiger partial charge < -0.3 is 0 Å². The predicted octanol–water partition coefficient (Wildman–Crippen LogP) is 3.50. The number of hydrazine groups is 1. The summed E-state index contributed by atoms with van der Waals surface area (Å²) in [6, 6.07) is 9.71. The molecule has 7 heteroatoms. The Morgan fingerprint density at radius 2 is 1.85 bits per heavy atom. The van der Waals surface area contributed by atoms with Gasteiger partial charge in [0.15, 0.2) is 0 Å². The van der Waals surface area contributed by atoms with Gasteiger partial charge in [-0.1, -0.05) is 19.1 Å². The molecule has 0 atom stereocenters. The molecule has 27 heavy (non-hydrogen) atoms. The molecule has 0 fully saturated rings. The lowest BCUT2D eigenvalue weighted by molar-refractivity contribution is 0.0848. The first kappa shape index (κ1) is 18.8. The van der Waals surface area contributed by atoms with E-state index in [9.17, 15) is 9.59 Å². The number of thiophene rings is 1. The normalized spacial score (nSPS) is 10.7. The Labute approximate surface area is 162 Å². The molecule has 3 aromatic rings. The molecule has 2 N–H and O–H groups in total. The van der Waals surface area contributed by atoms with Crippen LogP contribution in [-0.2, 0) is 6.42 Å². The standard InChI is InChI=1S/C20H22N4O2S/c1-5-17-13(3)10-18(27-17)20(26)23-22-19(25)16-11-21-24(14(16)4)15-8-6-7-12(2)9-15/h6-11H,5H2,1-4H3,(H,22,25)(H,23,26). The van der Waals surface area contributed by atoms with E-state index < -0.39 is 5.91 Å². The second kappa shape index (κ2) is 7.75. The molecule has 0 bridgehead atoms. The molecule has 0 aliphatic carbocycles. The summed E-state index contributed by atoms with van der Waals surface area (Å²) in [5, 5.41) is 4.30. The van der Waals surface area contributed by atoms with E-state index in [0.29, 0.717) is 16.1 Å². The highest BCUT2D eigenvalue weighted by Crippen LogP contribution is 2.22. The second-order valence-electron chi connectivity index (χ2n) is 6.37. The fourth-order valence-corrected chi connectivity index (χ4v) is 3.89. The average Bonchev–Trinajstić information content (AvgIpc) is 3.22. The van der Waals surface area contributed by atoms with Crippen LogP contribution in [0.25, 0.3) is 5.69 Å². The number of nitrogens with zero attached hydrogens (tertiary/aromatic N) is 2. The number of hydrogen-bond donors (Lipinski definition) is 2. The molecule has 0 aliphatic heterocycles. The summed E-state index contributed by atoms with van der Waals surface area (Å²) in [7, 11) is 0. The number of aryl methyl sites for hydroxylation is 3. The summed E-state index contributed by atoms with van der Waals surface area (Å²) in [6.45, 7) is 7.86. The molecule has 6 nitrogen and oxygen atoms in total. The SMILES string of the molecule is CCc1sc(C(=O)NNC(=O)c2cnn(-c3cccc(C)c3)c2C)cc1C. The molecule has 0 saturated carbocycles. The van der Waals surface area contributed by atoms with Crippen molar-refractivity contribution in [2.75, 3.05) is 0 Å². The Bertz CT molecular complexity index is 1000. The summed E-state index contributed by atoms with van der Waals surface area (Å²) in [4.78, 5) is 26.5.